The number of carbonyl (C=O) groups is 2. The molecule has 4 rings (SSSR count). The van der Waals surface area contributed by atoms with Crippen LogP contribution in [0.1, 0.15) is 48.7 Å². The van der Waals surface area contributed by atoms with Gasteiger partial charge in [-0.1, -0.05) is 49.4 Å². The summed E-state index contributed by atoms with van der Waals surface area (Å²) in [6.07, 6.45) is 2.41. The molecule has 1 aliphatic rings. The van der Waals surface area contributed by atoms with Crippen molar-refractivity contribution >= 4 is 11.8 Å². The van der Waals surface area contributed by atoms with Crippen LogP contribution in [-0.2, 0) is 22.6 Å². The second-order valence-corrected chi connectivity index (χ2v) is 8.19. The monoisotopic (exact) mass is 443 g/mol. The van der Waals surface area contributed by atoms with Gasteiger partial charge >= 0.3 is 0 Å². The van der Waals surface area contributed by atoms with Crippen molar-refractivity contribution in [2.75, 3.05) is 6.54 Å². The first-order valence-electron chi connectivity index (χ1n) is 11.4. The Morgan fingerprint density at radius 3 is 2.61 bits per heavy atom. The molecule has 0 saturated carbocycles. The lowest BCUT2D eigenvalue weighted by molar-refractivity contribution is -0.131. The van der Waals surface area contributed by atoms with Gasteiger partial charge in [0, 0.05) is 19.7 Å². The van der Waals surface area contributed by atoms with Crippen molar-refractivity contribution in [3.05, 3.63) is 95.3 Å². The first-order valence-corrected chi connectivity index (χ1v) is 11.4. The minimum Gasteiger partial charge on any atom is -0.481 e. The summed E-state index contributed by atoms with van der Waals surface area (Å²) in [6, 6.07) is 21.4. The second kappa shape index (κ2) is 10.3. The Morgan fingerprint density at radius 2 is 1.91 bits per heavy atom. The van der Waals surface area contributed by atoms with E-state index in [1.54, 1.807) is 13.1 Å². The van der Waals surface area contributed by atoms with Gasteiger partial charge in [-0.05, 0) is 53.8 Å². The molecule has 1 aromatic heterocycles. The molecule has 0 aliphatic carbocycles. The third-order valence-electron chi connectivity index (χ3n) is 5.98. The van der Waals surface area contributed by atoms with E-state index < -0.39 is 6.10 Å². The standard InChI is InChI=1S/C27H29N3O3/c1-3-25(27(32)29-18-22-11-7-8-15-28-22)33-23-13-12-20-14-16-30(19(2)31)26(24(20)17-23)21-9-5-4-6-10-21/h4-13,15,17,25-26H,3,14,16,18H2,1-2H3,(H,29,32). The van der Waals surface area contributed by atoms with Crippen molar-refractivity contribution < 1.29 is 14.3 Å². The number of ether oxygens (including phenoxy) is 1. The average molecular weight is 444 g/mol. The average Bonchev–Trinajstić information content (AvgIpc) is 2.86. The molecule has 170 valence electrons. The van der Waals surface area contributed by atoms with Gasteiger partial charge in [-0.2, -0.15) is 0 Å². The van der Waals surface area contributed by atoms with E-state index in [2.05, 4.69) is 16.4 Å². The summed E-state index contributed by atoms with van der Waals surface area (Å²) in [6.45, 7) is 4.57. The Balaban J connectivity index is 1.55. The lowest BCUT2D eigenvalue weighted by Crippen LogP contribution is -2.39. The van der Waals surface area contributed by atoms with Gasteiger partial charge in [0.05, 0.1) is 18.3 Å². The van der Waals surface area contributed by atoms with Gasteiger partial charge in [0.25, 0.3) is 5.91 Å². The quantitative estimate of drug-likeness (QED) is 0.598. The van der Waals surface area contributed by atoms with E-state index in [-0.39, 0.29) is 17.9 Å². The molecule has 2 amide bonds. The molecule has 6 nitrogen and oxygen atoms in total. The molecular weight excluding hydrogens is 414 g/mol. The summed E-state index contributed by atoms with van der Waals surface area (Å²) in [5.41, 5.74) is 4.10. The number of hydrogen-bond acceptors (Lipinski definition) is 4. The maximum Gasteiger partial charge on any atom is 0.261 e. The Hall–Kier alpha value is -3.67. The van der Waals surface area contributed by atoms with Crippen LogP contribution in [-0.4, -0.2) is 34.3 Å². The topological polar surface area (TPSA) is 71.5 Å². The Kier molecular flexibility index (Phi) is 7.03. The minimum absolute atomic E-state index is 0.0427. The number of rotatable bonds is 7. The molecule has 0 saturated heterocycles. The maximum absolute atomic E-state index is 12.8. The van der Waals surface area contributed by atoms with Crippen molar-refractivity contribution in [1.29, 1.82) is 0 Å². The number of nitrogens with one attached hydrogen (secondary N) is 1. The normalized spacial score (nSPS) is 15.9. The van der Waals surface area contributed by atoms with Gasteiger partial charge in [0.1, 0.15) is 5.75 Å². The van der Waals surface area contributed by atoms with Gasteiger partial charge in [0.2, 0.25) is 5.91 Å². The zero-order chi connectivity index (χ0) is 23.2. The highest BCUT2D eigenvalue weighted by molar-refractivity contribution is 5.81. The van der Waals surface area contributed by atoms with E-state index in [0.717, 1.165) is 23.2 Å². The van der Waals surface area contributed by atoms with Crippen LogP contribution in [0.25, 0.3) is 0 Å². The highest BCUT2D eigenvalue weighted by Crippen LogP contribution is 2.37. The summed E-state index contributed by atoms with van der Waals surface area (Å²) < 4.78 is 6.12. The third-order valence-corrected chi connectivity index (χ3v) is 5.98. The number of carbonyl (C=O) groups excluding carboxylic acids is 2. The maximum atomic E-state index is 12.8. The van der Waals surface area contributed by atoms with E-state index >= 15 is 0 Å². The second-order valence-electron chi connectivity index (χ2n) is 8.19. The van der Waals surface area contributed by atoms with Crippen molar-refractivity contribution in [3.63, 3.8) is 0 Å². The molecule has 33 heavy (non-hydrogen) atoms. The number of pyridine rings is 1. The fourth-order valence-electron chi connectivity index (χ4n) is 4.28. The zero-order valence-corrected chi connectivity index (χ0v) is 19.0. The highest BCUT2D eigenvalue weighted by atomic mass is 16.5. The van der Waals surface area contributed by atoms with Crippen molar-refractivity contribution in [2.45, 2.75) is 45.4 Å². The van der Waals surface area contributed by atoms with Gasteiger partial charge in [-0.3, -0.25) is 14.6 Å². The molecule has 6 heteroatoms. The molecule has 0 fully saturated rings. The molecule has 1 N–H and O–H groups in total. The van der Waals surface area contributed by atoms with Crippen LogP contribution in [0.3, 0.4) is 0 Å². The molecule has 2 aromatic carbocycles. The summed E-state index contributed by atoms with van der Waals surface area (Å²) in [7, 11) is 0. The number of benzene rings is 2. The third kappa shape index (κ3) is 5.22. The number of hydrogen-bond donors (Lipinski definition) is 1. The van der Waals surface area contributed by atoms with E-state index in [1.807, 2.05) is 72.5 Å². The predicted molar refractivity (Wildman–Crippen MR) is 127 cm³/mol. The fourth-order valence-corrected chi connectivity index (χ4v) is 4.28. The lowest BCUT2D eigenvalue weighted by atomic mass is 9.88. The van der Waals surface area contributed by atoms with Crippen LogP contribution in [0.4, 0.5) is 0 Å². The van der Waals surface area contributed by atoms with E-state index in [9.17, 15) is 9.59 Å². The zero-order valence-electron chi connectivity index (χ0n) is 19.0. The van der Waals surface area contributed by atoms with Crippen LogP contribution in [0.5, 0.6) is 5.75 Å². The van der Waals surface area contributed by atoms with Crippen molar-refractivity contribution in [3.8, 4) is 5.75 Å². The first kappa shape index (κ1) is 22.5. The Bertz CT molecular complexity index is 1100. The highest BCUT2D eigenvalue weighted by Gasteiger charge is 2.31. The summed E-state index contributed by atoms with van der Waals surface area (Å²) in [4.78, 5) is 31.3. The van der Waals surface area contributed by atoms with Gasteiger partial charge in [-0.15, -0.1) is 0 Å². The van der Waals surface area contributed by atoms with Gasteiger partial charge in [-0.25, -0.2) is 0 Å². The summed E-state index contributed by atoms with van der Waals surface area (Å²) in [5, 5.41) is 2.91. The molecule has 0 bridgehead atoms. The SMILES string of the molecule is CCC(Oc1ccc2c(c1)C(c1ccccc1)N(C(C)=O)CC2)C(=O)NCc1ccccn1. The number of aromatic nitrogens is 1. The molecule has 3 aromatic rings. The molecule has 2 atom stereocenters. The Morgan fingerprint density at radius 1 is 1.12 bits per heavy atom. The first-order chi connectivity index (χ1) is 16.1. The number of nitrogens with zero attached hydrogens (tertiary/aromatic N) is 2. The predicted octanol–water partition coefficient (Wildman–Crippen LogP) is 4.05. The van der Waals surface area contributed by atoms with Crippen LogP contribution < -0.4 is 10.1 Å². The van der Waals surface area contributed by atoms with Crippen molar-refractivity contribution in [1.82, 2.24) is 15.2 Å². The van der Waals surface area contributed by atoms with Crippen molar-refractivity contribution in [2.24, 2.45) is 0 Å². The summed E-state index contributed by atoms with van der Waals surface area (Å²) >= 11 is 0. The van der Waals surface area contributed by atoms with Crippen LogP contribution >= 0.6 is 0 Å². The van der Waals surface area contributed by atoms with E-state index in [0.29, 0.717) is 25.3 Å². The number of amides is 2. The molecule has 2 heterocycles. The molecule has 2 unspecified atom stereocenters. The van der Waals surface area contributed by atoms with E-state index in [1.165, 1.54) is 5.56 Å². The van der Waals surface area contributed by atoms with Crippen LogP contribution in [0, 0.1) is 0 Å². The molecule has 1 aliphatic heterocycles. The summed E-state index contributed by atoms with van der Waals surface area (Å²) in [5.74, 6) is 0.493. The number of fused-ring (bicyclic) bond motifs is 1. The molecule has 0 spiro atoms. The fraction of sp³-hybridized carbons (Fsp3) is 0.296. The molecule has 0 radical (unpaired) electrons. The van der Waals surface area contributed by atoms with E-state index in [4.69, 9.17) is 4.74 Å². The minimum atomic E-state index is -0.616. The largest absolute Gasteiger partial charge is 0.481 e. The van der Waals surface area contributed by atoms with Gasteiger partial charge in [0.15, 0.2) is 6.10 Å². The Labute approximate surface area is 194 Å². The van der Waals surface area contributed by atoms with Gasteiger partial charge < -0.3 is 15.0 Å². The smallest absolute Gasteiger partial charge is 0.261 e. The molecular formula is C27H29N3O3. The lowest BCUT2D eigenvalue weighted by Gasteiger charge is -2.37. The van der Waals surface area contributed by atoms with Crippen LogP contribution in [0.2, 0.25) is 0 Å². The van der Waals surface area contributed by atoms with Crippen LogP contribution in [0.15, 0.2) is 72.9 Å².